The van der Waals surface area contributed by atoms with Crippen molar-refractivity contribution in [3.05, 3.63) is 78.8 Å². The summed E-state index contributed by atoms with van der Waals surface area (Å²) >= 11 is 0. The highest BCUT2D eigenvalue weighted by Gasteiger charge is 2.15. The molecule has 3 aromatic heterocycles. The van der Waals surface area contributed by atoms with Gasteiger partial charge in [0, 0.05) is 48.2 Å². The van der Waals surface area contributed by atoms with Gasteiger partial charge in [-0.2, -0.15) is 0 Å². The molecule has 0 amide bonds. The largest absolute Gasteiger partial charge is 0.388 e. The van der Waals surface area contributed by atoms with E-state index in [9.17, 15) is 0 Å². The molecule has 1 aromatic carbocycles. The lowest BCUT2D eigenvalue weighted by atomic mass is 9.93. The van der Waals surface area contributed by atoms with E-state index in [1.165, 1.54) is 0 Å². The van der Waals surface area contributed by atoms with Gasteiger partial charge in [0.1, 0.15) is 5.82 Å². The molecule has 3 N–H and O–H groups in total. The molecule has 0 saturated heterocycles. The molecule has 0 spiro atoms. The first-order valence-electron chi connectivity index (χ1n) is 10.3. The average Bonchev–Trinajstić information content (AvgIpc) is 3.15. The number of H-pyrrole nitrogens is 1. The van der Waals surface area contributed by atoms with Crippen LogP contribution in [0.5, 0.6) is 0 Å². The molecule has 3 heterocycles. The highest BCUT2D eigenvalue weighted by atomic mass is 14.9. The van der Waals surface area contributed by atoms with Gasteiger partial charge in [-0.05, 0) is 35.4 Å². The third-order valence-electron chi connectivity index (χ3n) is 5.34. The molecule has 0 aliphatic carbocycles. The summed E-state index contributed by atoms with van der Waals surface area (Å²) in [5.41, 5.74) is 8.11. The number of hydrogen-bond donors (Lipinski definition) is 3. The standard InChI is InChI=1S/C25H28N6/c1-16(25(2,3)4)29-20-11-19(13-28-14-20)17-6-7-21(26-5)18(10-17)12-24-30-22-8-9-27-15-23(22)31-24/h6-11,13-15,26,29H,1,12H2,2-5H3,(H,30,31). The van der Waals surface area contributed by atoms with E-state index in [-0.39, 0.29) is 5.41 Å². The van der Waals surface area contributed by atoms with E-state index >= 15 is 0 Å². The van der Waals surface area contributed by atoms with Crippen LogP contribution >= 0.6 is 0 Å². The third-order valence-corrected chi connectivity index (χ3v) is 5.34. The zero-order valence-corrected chi connectivity index (χ0v) is 18.5. The van der Waals surface area contributed by atoms with Crippen LogP contribution in [0.1, 0.15) is 32.2 Å². The number of nitrogens with zero attached hydrogens (tertiary/aromatic N) is 3. The molecule has 0 aliphatic rings. The second-order valence-corrected chi connectivity index (χ2v) is 8.69. The van der Waals surface area contributed by atoms with Crippen molar-refractivity contribution >= 4 is 22.4 Å². The number of anilines is 2. The van der Waals surface area contributed by atoms with Gasteiger partial charge in [-0.25, -0.2) is 4.98 Å². The first kappa shape index (κ1) is 20.6. The first-order valence-corrected chi connectivity index (χ1v) is 10.3. The maximum absolute atomic E-state index is 4.70. The Balaban J connectivity index is 1.64. The van der Waals surface area contributed by atoms with E-state index in [0.29, 0.717) is 6.42 Å². The third kappa shape index (κ3) is 4.58. The van der Waals surface area contributed by atoms with Gasteiger partial charge in [0.2, 0.25) is 0 Å². The van der Waals surface area contributed by atoms with Crippen molar-refractivity contribution in [2.24, 2.45) is 5.41 Å². The highest BCUT2D eigenvalue weighted by Crippen LogP contribution is 2.30. The number of fused-ring (bicyclic) bond motifs is 1. The molecule has 158 valence electrons. The molecule has 4 aromatic rings. The zero-order valence-electron chi connectivity index (χ0n) is 18.5. The molecule has 31 heavy (non-hydrogen) atoms. The van der Waals surface area contributed by atoms with Gasteiger partial charge in [0.25, 0.3) is 0 Å². The van der Waals surface area contributed by atoms with Crippen molar-refractivity contribution in [2.75, 3.05) is 17.7 Å². The Morgan fingerprint density at radius 2 is 1.87 bits per heavy atom. The predicted octanol–water partition coefficient (Wildman–Crippen LogP) is 5.62. The minimum absolute atomic E-state index is 0.0281. The Morgan fingerprint density at radius 3 is 2.61 bits per heavy atom. The van der Waals surface area contributed by atoms with E-state index in [1.807, 2.05) is 25.5 Å². The molecule has 6 nitrogen and oxygen atoms in total. The number of aromatic nitrogens is 4. The van der Waals surface area contributed by atoms with E-state index in [1.54, 1.807) is 12.4 Å². The lowest BCUT2D eigenvalue weighted by Gasteiger charge is -2.23. The summed E-state index contributed by atoms with van der Waals surface area (Å²) in [5, 5.41) is 6.68. The fourth-order valence-corrected chi connectivity index (χ4v) is 3.37. The minimum atomic E-state index is -0.0281. The summed E-state index contributed by atoms with van der Waals surface area (Å²) < 4.78 is 0. The summed E-state index contributed by atoms with van der Waals surface area (Å²) in [6.45, 7) is 10.6. The van der Waals surface area contributed by atoms with Crippen molar-refractivity contribution in [3.8, 4) is 11.1 Å². The fraction of sp³-hybridized carbons (Fsp3) is 0.240. The summed E-state index contributed by atoms with van der Waals surface area (Å²) in [4.78, 5) is 16.7. The summed E-state index contributed by atoms with van der Waals surface area (Å²) in [5.74, 6) is 0.909. The Hall–Kier alpha value is -3.67. The summed E-state index contributed by atoms with van der Waals surface area (Å²) in [6.07, 6.45) is 7.96. The summed E-state index contributed by atoms with van der Waals surface area (Å²) in [6, 6.07) is 10.4. The molecule has 0 aliphatic heterocycles. The second kappa shape index (κ2) is 8.22. The number of benzene rings is 1. The SMILES string of the molecule is C=C(Nc1cncc(-c2ccc(NC)c(Cc3nc4ccncc4[nH]3)c2)c1)C(C)(C)C. The van der Waals surface area contributed by atoms with Crippen molar-refractivity contribution in [2.45, 2.75) is 27.2 Å². The van der Waals surface area contributed by atoms with Crippen LogP contribution in [-0.4, -0.2) is 27.0 Å². The number of hydrogen-bond acceptors (Lipinski definition) is 5. The molecular formula is C25H28N6. The second-order valence-electron chi connectivity index (χ2n) is 8.69. The Bertz CT molecular complexity index is 1200. The normalized spacial score (nSPS) is 11.5. The van der Waals surface area contributed by atoms with Crippen LogP contribution in [0.25, 0.3) is 22.2 Å². The number of pyridine rings is 2. The van der Waals surface area contributed by atoms with Crippen LogP contribution in [0.3, 0.4) is 0 Å². The predicted molar refractivity (Wildman–Crippen MR) is 128 cm³/mol. The van der Waals surface area contributed by atoms with Crippen LogP contribution in [0.15, 0.2) is 67.4 Å². The van der Waals surface area contributed by atoms with Crippen LogP contribution in [0.4, 0.5) is 11.4 Å². The van der Waals surface area contributed by atoms with Crippen molar-refractivity contribution in [3.63, 3.8) is 0 Å². The number of imidazole rings is 1. The van der Waals surface area contributed by atoms with E-state index in [0.717, 1.165) is 50.6 Å². The van der Waals surface area contributed by atoms with Gasteiger partial charge in [0.15, 0.2) is 0 Å². The van der Waals surface area contributed by atoms with Gasteiger partial charge in [0.05, 0.1) is 29.1 Å². The maximum atomic E-state index is 4.70. The topological polar surface area (TPSA) is 78.5 Å². The molecular weight excluding hydrogens is 384 g/mol. The molecule has 0 bridgehead atoms. The van der Waals surface area contributed by atoms with Gasteiger partial charge in [-0.1, -0.05) is 33.4 Å². The van der Waals surface area contributed by atoms with Gasteiger partial charge < -0.3 is 15.6 Å². The molecule has 4 rings (SSSR count). The van der Waals surface area contributed by atoms with Crippen LogP contribution in [0, 0.1) is 5.41 Å². The number of aromatic amines is 1. The maximum Gasteiger partial charge on any atom is 0.111 e. The van der Waals surface area contributed by atoms with Crippen LogP contribution in [-0.2, 0) is 6.42 Å². The molecule has 0 saturated carbocycles. The quantitative estimate of drug-likeness (QED) is 0.383. The molecule has 0 atom stereocenters. The molecule has 6 heteroatoms. The van der Waals surface area contributed by atoms with E-state index in [4.69, 9.17) is 4.98 Å². The smallest absolute Gasteiger partial charge is 0.111 e. The lowest BCUT2D eigenvalue weighted by molar-refractivity contribution is 0.509. The van der Waals surface area contributed by atoms with E-state index < -0.39 is 0 Å². The lowest BCUT2D eigenvalue weighted by Crippen LogP contribution is -2.15. The van der Waals surface area contributed by atoms with Gasteiger partial charge in [-0.15, -0.1) is 0 Å². The average molecular weight is 413 g/mol. The molecule has 0 unspecified atom stereocenters. The Kier molecular flexibility index (Phi) is 5.46. The van der Waals surface area contributed by atoms with Gasteiger partial charge >= 0.3 is 0 Å². The summed E-state index contributed by atoms with van der Waals surface area (Å²) in [7, 11) is 1.94. The van der Waals surface area contributed by atoms with Crippen LogP contribution in [0.2, 0.25) is 0 Å². The number of nitrogens with one attached hydrogen (secondary N) is 3. The molecule has 0 fully saturated rings. The Labute approximate surface area is 182 Å². The fourth-order valence-electron chi connectivity index (χ4n) is 3.37. The van der Waals surface area contributed by atoms with Crippen molar-refractivity contribution < 1.29 is 0 Å². The minimum Gasteiger partial charge on any atom is -0.388 e. The first-order chi connectivity index (χ1) is 14.8. The van der Waals surface area contributed by atoms with Crippen molar-refractivity contribution in [1.29, 1.82) is 0 Å². The molecule has 0 radical (unpaired) electrons. The van der Waals surface area contributed by atoms with Crippen LogP contribution < -0.4 is 10.6 Å². The van der Waals surface area contributed by atoms with E-state index in [2.05, 4.69) is 77.2 Å². The highest BCUT2D eigenvalue weighted by molar-refractivity contribution is 5.74. The van der Waals surface area contributed by atoms with Gasteiger partial charge in [-0.3, -0.25) is 9.97 Å². The number of rotatable bonds is 6. The monoisotopic (exact) mass is 412 g/mol. The van der Waals surface area contributed by atoms with Crippen molar-refractivity contribution in [1.82, 2.24) is 19.9 Å². The zero-order chi connectivity index (χ0) is 22.0. The Morgan fingerprint density at radius 1 is 1.03 bits per heavy atom. The number of allylic oxidation sites excluding steroid dienone is 1.